The van der Waals surface area contributed by atoms with Crippen LogP contribution in [0, 0.1) is 41.4 Å². The van der Waals surface area contributed by atoms with Crippen LogP contribution in [0.2, 0.25) is 0 Å². The molecule has 0 radical (unpaired) electrons. The SMILES string of the molecule is C#C[C@H]1C(COCOC)=C[C@H]2[C@H](O)[C@@H](CO)CC[C@@H]2[C@@]1(C)C(=O)O. The van der Waals surface area contributed by atoms with E-state index >= 15 is 0 Å². The molecule has 0 aromatic rings. The van der Waals surface area contributed by atoms with Gasteiger partial charge < -0.3 is 24.8 Å². The van der Waals surface area contributed by atoms with Crippen LogP contribution in [0.1, 0.15) is 19.8 Å². The van der Waals surface area contributed by atoms with Crippen molar-refractivity contribution >= 4 is 5.97 Å². The molecule has 0 amide bonds. The number of aliphatic hydroxyl groups is 2. The molecule has 0 aromatic carbocycles. The predicted molar refractivity (Wildman–Crippen MR) is 86.8 cm³/mol. The summed E-state index contributed by atoms with van der Waals surface area (Å²) in [5.41, 5.74) is -0.500. The molecule has 0 heterocycles. The number of hydrogen-bond donors (Lipinski definition) is 3. The lowest BCUT2D eigenvalue weighted by Crippen LogP contribution is -2.54. The minimum atomic E-state index is -1.18. The number of rotatable bonds is 6. The van der Waals surface area contributed by atoms with Gasteiger partial charge >= 0.3 is 5.97 Å². The normalized spacial score (nSPS) is 38.8. The van der Waals surface area contributed by atoms with Crippen LogP contribution in [0.3, 0.4) is 0 Å². The first-order valence-electron chi connectivity index (χ1n) is 8.17. The largest absolute Gasteiger partial charge is 0.481 e. The van der Waals surface area contributed by atoms with Gasteiger partial charge in [0.2, 0.25) is 0 Å². The summed E-state index contributed by atoms with van der Waals surface area (Å²) in [6.45, 7) is 1.78. The van der Waals surface area contributed by atoms with Gasteiger partial charge in [-0.3, -0.25) is 4.79 Å². The van der Waals surface area contributed by atoms with Gasteiger partial charge in [-0.25, -0.2) is 0 Å². The number of terminal acetylenes is 1. The van der Waals surface area contributed by atoms with Crippen LogP contribution in [0.4, 0.5) is 0 Å². The molecule has 0 unspecified atom stereocenters. The zero-order chi connectivity index (χ0) is 17.9. The number of aliphatic carboxylic acids is 1. The second-order valence-electron chi connectivity index (χ2n) is 6.88. The summed E-state index contributed by atoms with van der Waals surface area (Å²) in [4.78, 5) is 12.1. The molecular formula is C18H26O6. The van der Waals surface area contributed by atoms with Crippen molar-refractivity contribution in [2.45, 2.75) is 25.9 Å². The molecule has 0 aliphatic heterocycles. The third kappa shape index (κ3) is 3.09. The summed E-state index contributed by atoms with van der Waals surface area (Å²) in [5, 5.41) is 30.0. The number of hydrogen-bond acceptors (Lipinski definition) is 5. The summed E-state index contributed by atoms with van der Waals surface area (Å²) >= 11 is 0. The minimum Gasteiger partial charge on any atom is -0.481 e. The van der Waals surface area contributed by atoms with Crippen LogP contribution < -0.4 is 0 Å². The molecular weight excluding hydrogens is 312 g/mol. The van der Waals surface area contributed by atoms with Crippen molar-refractivity contribution in [3.63, 3.8) is 0 Å². The number of aliphatic hydroxyl groups excluding tert-OH is 2. The van der Waals surface area contributed by atoms with Gasteiger partial charge in [-0.2, -0.15) is 0 Å². The van der Waals surface area contributed by atoms with Gasteiger partial charge in [-0.1, -0.05) is 12.0 Å². The van der Waals surface area contributed by atoms with Crippen molar-refractivity contribution in [2.24, 2.45) is 29.1 Å². The van der Waals surface area contributed by atoms with Gasteiger partial charge in [0.05, 0.1) is 24.0 Å². The van der Waals surface area contributed by atoms with Gasteiger partial charge in [0.1, 0.15) is 6.79 Å². The quantitative estimate of drug-likeness (QED) is 0.288. The second kappa shape index (κ2) is 7.66. The smallest absolute Gasteiger partial charge is 0.311 e. The molecule has 0 aromatic heterocycles. The Morgan fingerprint density at radius 2 is 2.21 bits per heavy atom. The molecule has 134 valence electrons. The van der Waals surface area contributed by atoms with Gasteiger partial charge in [-0.05, 0) is 31.3 Å². The van der Waals surface area contributed by atoms with Crippen LogP contribution in [0.15, 0.2) is 11.6 Å². The molecule has 6 heteroatoms. The van der Waals surface area contributed by atoms with E-state index in [0.29, 0.717) is 18.4 Å². The molecule has 2 rings (SSSR count). The molecule has 0 spiro atoms. The van der Waals surface area contributed by atoms with Crippen LogP contribution in [0.5, 0.6) is 0 Å². The van der Waals surface area contributed by atoms with Crippen molar-refractivity contribution in [3.05, 3.63) is 11.6 Å². The molecule has 2 aliphatic carbocycles. The van der Waals surface area contributed by atoms with E-state index in [2.05, 4.69) is 5.92 Å². The van der Waals surface area contributed by atoms with Gasteiger partial charge in [0.25, 0.3) is 0 Å². The number of fused-ring (bicyclic) bond motifs is 1. The molecule has 24 heavy (non-hydrogen) atoms. The van der Waals surface area contributed by atoms with E-state index in [9.17, 15) is 20.1 Å². The molecule has 1 saturated carbocycles. The van der Waals surface area contributed by atoms with Crippen molar-refractivity contribution in [1.29, 1.82) is 0 Å². The fourth-order valence-electron chi connectivity index (χ4n) is 4.30. The molecule has 2 aliphatic rings. The maximum atomic E-state index is 12.1. The lowest BCUT2D eigenvalue weighted by Gasteiger charge is -2.51. The lowest BCUT2D eigenvalue weighted by atomic mass is 9.52. The number of methoxy groups -OCH3 is 1. The zero-order valence-corrected chi connectivity index (χ0v) is 14.1. The third-order valence-electron chi connectivity index (χ3n) is 5.67. The first-order chi connectivity index (χ1) is 11.4. The predicted octanol–water partition coefficient (Wildman–Crippen LogP) is 0.883. The average molecular weight is 338 g/mol. The van der Waals surface area contributed by atoms with Crippen molar-refractivity contribution in [1.82, 2.24) is 0 Å². The molecule has 0 bridgehead atoms. The number of ether oxygens (including phenoxy) is 2. The lowest BCUT2D eigenvalue weighted by molar-refractivity contribution is -0.161. The number of carboxylic acid groups (broad SMARTS) is 1. The van der Waals surface area contributed by atoms with Gasteiger partial charge in [0.15, 0.2) is 0 Å². The van der Waals surface area contributed by atoms with Gasteiger partial charge in [-0.15, -0.1) is 6.42 Å². The number of carbonyl (C=O) groups is 1. The first-order valence-corrected chi connectivity index (χ1v) is 8.17. The van der Waals surface area contributed by atoms with Crippen LogP contribution >= 0.6 is 0 Å². The molecule has 3 N–H and O–H groups in total. The Morgan fingerprint density at radius 3 is 2.75 bits per heavy atom. The molecule has 6 nitrogen and oxygen atoms in total. The molecule has 0 saturated heterocycles. The Hall–Kier alpha value is -1.39. The van der Waals surface area contributed by atoms with E-state index < -0.39 is 23.4 Å². The van der Waals surface area contributed by atoms with E-state index in [4.69, 9.17) is 15.9 Å². The topological polar surface area (TPSA) is 96.2 Å². The first kappa shape index (κ1) is 18.9. The van der Waals surface area contributed by atoms with E-state index in [1.54, 1.807) is 6.92 Å². The van der Waals surface area contributed by atoms with Crippen molar-refractivity contribution < 1.29 is 29.6 Å². The zero-order valence-electron chi connectivity index (χ0n) is 14.1. The monoisotopic (exact) mass is 338 g/mol. The molecule has 6 atom stereocenters. The van der Waals surface area contributed by atoms with E-state index in [-0.39, 0.29) is 37.8 Å². The third-order valence-corrected chi connectivity index (χ3v) is 5.67. The molecule has 1 fully saturated rings. The minimum absolute atomic E-state index is 0.0777. The fourth-order valence-corrected chi connectivity index (χ4v) is 4.30. The van der Waals surface area contributed by atoms with E-state index in [1.807, 2.05) is 6.08 Å². The summed E-state index contributed by atoms with van der Waals surface area (Å²) < 4.78 is 10.2. The summed E-state index contributed by atoms with van der Waals surface area (Å²) in [5.74, 6) is 0.172. The summed E-state index contributed by atoms with van der Waals surface area (Å²) in [7, 11) is 1.50. The van der Waals surface area contributed by atoms with Crippen molar-refractivity contribution in [3.8, 4) is 12.3 Å². The Morgan fingerprint density at radius 1 is 1.50 bits per heavy atom. The van der Waals surface area contributed by atoms with E-state index in [1.165, 1.54) is 7.11 Å². The highest BCUT2D eigenvalue weighted by Crippen LogP contribution is 2.54. The number of carboxylic acids is 1. The second-order valence-corrected chi connectivity index (χ2v) is 6.88. The van der Waals surface area contributed by atoms with Gasteiger partial charge in [0, 0.05) is 25.6 Å². The fraction of sp³-hybridized carbons (Fsp3) is 0.722. The van der Waals surface area contributed by atoms with Crippen LogP contribution in [-0.2, 0) is 14.3 Å². The summed E-state index contributed by atoms with van der Waals surface area (Å²) in [6.07, 6.45) is 7.95. The Kier molecular flexibility index (Phi) is 6.05. The van der Waals surface area contributed by atoms with E-state index in [0.717, 1.165) is 0 Å². The highest BCUT2D eigenvalue weighted by Gasteiger charge is 2.56. The highest BCUT2D eigenvalue weighted by molar-refractivity contribution is 5.77. The highest BCUT2D eigenvalue weighted by atomic mass is 16.7. The van der Waals surface area contributed by atoms with Crippen LogP contribution in [0.25, 0.3) is 0 Å². The Labute approximate surface area is 142 Å². The Bertz CT molecular complexity index is 536. The van der Waals surface area contributed by atoms with Crippen molar-refractivity contribution in [2.75, 3.05) is 27.1 Å². The van der Waals surface area contributed by atoms with Crippen LogP contribution in [-0.4, -0.2) is 54.5 Å². The maximum absolute atomic E-state index is 12.1. The maximum Gasteiger partial charge on any atom is 0.311 e. The standard InChI is InChI=1S/C18H26O6/c1-4-14-12(9-24-10-23-3)7-13-15(18(14,2)17(21)22)6-5-11(8-19)16(13)20/h1,7,11,13-16,19-20H,5-6,8-10H2,2-3H3,(H,21,22)/t11-,13-,14+,15+,16-,18+/m1/s1. The Balaban J connectivity index is 2.43. The summed E-state index contributed by atoms with van der Waals surface area (Å²) in [6, 6.07) is 0. The average Bonchev–Trinajstić information content (AvgIpc) is 2.56.